The van der Waals surface area contributed by atoms with Crippen molar-refractivity contribution in [2.45, 2.75) is 19.4 Å². The summed E-state index contributed by atoms with van der Waals surface area (Å²) in [6, 6.07) is -1.41. The number of esters is 1. The van der Waals surface area contributed by atoms with Crippen molar-refractivity contribution in [1.29, 1.82) is 0 Å². The van der Waals surface area contributed by atoms with Crippen molar-refractivity contribution in [3.8, 4) is 0 Å². The van der Waals surface area contributed by atoms with Gasteiger partial charge in [0.05, 0.1) is 13.0 Å². The zero-order valence-electron chi connectivity index (χ0n) is 12.3. The van der Waals surface area contributed by atoms with Crippen LogP contribution >= 0.6 is 11.8 Å². The van der Waals surface area contributed by atoms with Crippen molar-refractivity contribution in [3.05, 3.63) is 0 Å². The van der Waals surface area contributed by atoms with E-state index in [0.717, 1.165) is 5.75 Å². The van der Waals surface area contributed by atoms with Crippen molar-refractivity contribution in [1.82, 2.24) is 10.2 Å². The van der Waals surface area contributed by atoms with E-state index in [1.807, 2.05) is 6.26 Å². The fourth-order valence-electron chi connectivity index (χ4n) is 1.71. The van der Waals surface area contributed by atoms with Gasteiger partial charge in [0, 0.05) is 13.6 Å². The maximum absolute atomic E-state index is 12.2. The van der Waals surface area contributed by atoms with Crippen molar-refractivity contribution < 1.29 is 19.1 Å². The van der Waals surface area contributed by atoms with Crippen LogP contribution < -0.4 is 11.1 Å². The number of ether oxygens (including phenoxy) is 1. The molecule has 0 saturated heterocycles. The molecule has 0 radical (unpaired) electrons. The maximum atomic E-state index is 12.2. The van der Waals surface area contributed by atoms with Crippen LogP contribution in [0.2, 0.25) is 0 Å². The van der Waals surface area contributed by atoms with Gasteiger partial charge in [0.2, 0.25) is 5.91 Å². The average Bonchev–Trinajstić information content (AvgIpc) is 2.40. The third kappa shape index (κ3) is 6.65. The van der Waals surface area contributed by atoms with Crippen molar-refractivity contribution in [2.75, 3.05) is 32.7 Å². The molecule has 0 aromatic heterocycles. The molecule has 116 valence electrons. The molecule has 0 heterocycles. The minimum Gasteiger partial charge on any atom is -0.469 e. The Balaban J connectivity index is 4.61. The molecule has 2 atom stereocenters. The van der Waals surface area contributed by atoms with Gasteiger partial charge in [0.25, 0.3) is 0 Å². The molecule has 0 aromatic carbocycles. The molecule has 8 heteroatoms. The number of hydrogen-bond acceptors (Lipinski definition) is 5. The Kier molecular flexibility index (Phi) is 8.78. The molecule has 3 amide bonds. The van der Waals surface area contributed by atoms with Crippen molar-refractivity contribution in [3.63, 3.8) is 0 Å². The van der Waals surface area contributed by atoms with Crippen LogP contribution in [0.25, 0.3) is 0 Å². The molecule has 0 saturated carbocycles. The summed E-state index contributed by atoms with van der Waals surface area (Å²) in [5.74, 6) is -0.359. The molecule has 0 rings (SSSR count). The highest BCUT2D eigenvalue weighted by Crippen LogP contribution is 2.07. The molecular weight excluding hydrogens is 282 g/mol. The van der Waals surface area contributed by atoms with E-state index < -0.39 is 18.0 Å². The summed E-state index contributed by atoms with van der Waals surface area (Å²) in [5.41, 5.74) is 5.07. The topological polar surface area (TPSA) is 102 Å². The number of urea groups is 1. The van der Waals surface area contributed by atoms with Gasteiger partial charge in [-0.3, -0.25) is 9.59 Å². The number of nitrogens with one attached hydrogen (secondary N) is 1. The van der Waals surface area contributed by atoms with Gasteiger partial charge in [-0.2, -0.15) is 11.8 Å². The SMILES string of the molecule is COC(=O)C(C)CN(C)C(=O)C(CCSC)NC(N)=O. The number of hydrogen-bond donors (Lipinski definition) is 2. The standard InChI is InChI=1S/C12H23N3O4S/c1-8(11(17)19-3)7-15(2)10(16)9(5-6-20-4)14-12(13)18/h8-9H,5-7H2,1-4H3,(H3,13,14,18). The second-order valence-electron chi connectivity index (χ2n) is 4.49. The molecule has 0 aliphatic rings. The van der Waals surface area contributed by atoms with Crippen molar-refractivity contribution in [2.24, 2.45) is 11.7 Å². The first-order chi connectivity index (χ1) is 9.33. The maximum Gasteiger partial charge on any atom is 0.312 e. The minimum absolute atomic E-state index is 0.224. The minimum atomic E-state index is -0.737. The van der Waals surface area contributed by atoms with E-state index >= 15 is 0 Å². The molecule has 0 aliphatic carbocycles. The molecular formula is C12H23N3O4S. The van der Waals surface area contributed by atoms with E-state index in [1.54, 1.807) is 25.7 Å². The van der Waals surface area contributed by atoms with Crippen LogP contribution in [0.1, 0.15) is 13.3 Å². The van der Waals surface area contributed by atoms with E-state index in [1.165, 1.54) is 12.0 Å². The van der Waals surface area contributed by atoms with Gasteiger partial charge in [-0.05, 0) is 18.4 Å². The number of methoxy groups -OCH3 is 1. The molecule has 3 N–H and O–H groups in total. The van der Waals surface area contributed by atoms with E-state index in [0.29, 0.717) is 6.42 Å². The molecule has 0 aromatic rings. The highest BCUT2D eigenvalue weighted by molar-refractivity contribution is 7.98. The normalized spacial score (nSPS) is 13.2. The summed E-state index contributed by atoms with van der Waals surface area (Å²) in [6.07, 6.45) is 2.40. The van der Waals surface area contributed by atoms with Gasteiger partial charge in [-0.15, -0.1) is 0 Å². The number of nitrogens with two attached hydrogens (primary N) is 1. The van der Waals surface area contributed by atoms with Gasteiger partial charge in [-0.1, -0.05) is 6.92 Å². The highest BCUT2D eigenvalue weighted by atomic mass is 32.2. The number of amides is 3. The van der Waals surface area contributed by atoms with Crippen LogP contribution in [0.5, 0.6) is 0 Å². The number of nitrogens with zero attached hydrogens (tertiary/aromatic N) is 1. The molecule has 0 aliphatic heterocycles. The van der Waals surface area contributed by atoms with Crippen LogP contribution in [-0.2, 0) is 14.3 Å². The zero-order valence-corrected chi connectivity index (χ0v) is 13.2. The van der Waals surface area contributed by atoms with Gasteiger partial charge in [0.1, 0.15) is 6.04 Å². The van der Waals surface area contributed by atoms with Crippen LogP contribution in [0.15, 0.2) is 0 Å². The smallest absolute Gasteiger partial charge is 0.312 e. The summed E-state index contributed by atoms with van der Waals surface area (Å²) in [4.78, 5) is 35.9. The molecule has 7 nitrogen and oxygen atoms in total. The first-order valence-electron chi connectivity index (χ1n) is 6.21. The van der Waals surface area contributed by atoms with Crippen molar-refractivity contribution >= 4 is 29.7 Å². The predicted molar refractivity (Wildman–Crippen MR) is 78.3 cm³/mol. The quantitative estimate of drug-likeness (QED) is 0.617. The Labute approximate surface area is 123 Å². The zero-order chi connectivity index (χ0) is 15.7. The molecule has 2 unspecified atom stereocenters. The Hall–Kier alpha value is -1.44. The largest absolute Gasteiger partial charge is 0.469 e. The fourth-order valence-corrected chi connectivity index (χ4v) is 2.18. The average molecular weight is 305 g/mol. The van der Waals surface area contributed by atoms with E-state index in [2.05, 4.69) is 10.1 Å². The molecule has 0 spiro atoms. The number of carbonyl (C=O) groups is 3. The number of carbonyl (C=O) groups excluding carboxylic acids is 3. The van der Waals surface area contributed by atoms with Crippen LogP contribution in [0.3, 0.4) is 0 Å². The Morgan fingerprint density at radius 3 is 2.45 bits per heavy atom. The highest BCUT2D eigenvalue weighted by Gasteiger charge is 2.25. The Morgan fingerprint density at radius 1 is 1.40 bits per heavy atom. The number of thioether (sulfide) groups is 1. The summed E-state index contributed by atoms with van der Waals surface area (Å²) in [5, 5.41) is 2.43. The first kappa shape index (κ1) is 18.6. The lowest BCUT2D eigenvalue weighted by atomic mass is 10.1. The lowest BCUT2D eigenvalue weighted by Gasteiger charge is -2.25. The van der Waals surface area contributed by atoms with Gasteiger partial charge in [-0.25, -0.2) is 4.79 Å². The number of rotatable bonds is 8. The monoisotopic (exact) mass is 305 g/mol. The van der Waals surface area contributed by atoms with Gasteiger partial charge >= 0.3 is 12.0 Å². The summed E-state index contributed by atoms with van der Waals surface area (Å²) in [7, 11) is 2.88. The van der Waals surface area contributed by atoms with Gasteiger partial charge < -0.3 is 20.7 Å². The van der Waals surface area contributed by atoms with Gasteiger partial charge in [0.15, 0.2) is 0 Å². The van der Waals surface area contributed by atoms with Crippen LogP contribution in [0.4, 0.5) is 4.79 Å². The number of primary amides is 1. The molecule has 0 bridgehead atoms. The molecule has 20 heavy (non-hydrogen) atoms. The second-order valence-corrected chi connectivity index (χ2v) is 5.47. The summed E-state index contributed by atoms with van der Waals surface area (Å²) < 4.78 is 4.61. The predicted octanol–water partition coefficient (Wildman–Crippen LogP) is 0.0439. The lowest BCUT2D eigenvalue weighted by molar-refractivity contribution is -0.146. The van der Waals surface area contributed by atoms with E-state index in [-0.39, 0.29) is 18.4 Å². The summed E-state index contributed by atoms with van der Waals surface area (Å²) >= 11 is 1.57. The first-order valence-corrected chi connectivity index (χ1v) is 7.60. The fraction of sp³-hybridized carbons (Fsp3) is 0.750. The number of likely N-dealkylation sites (N-methyl/N-ethyl adjacent to an activating group) is 1. The van der Waals surface area contributed by atoms with E-state index in [9.17, 15) is 14.4 Å². The van der Waals surface area contributed by atoms with Crippen LogP contribution in [0, 0.1) is 5.92 Å². The molecule has 0 fully saturated rings. The Morgan fingerprint density at radius 2 is 2.00 bits per heavy atom. The van der Waals surface area contributed by atoms with E-state index in [4.69, 9.17) is 5.73 Å². The lowest BCUT2D eigenvalue weighted by Crippen LogP contribution is -2.50. The summed E-state index contributed by atoms with van der Waals surface area (Å²) in [6.45, 7) is 1.90. The third-order valence-electron chi connectivity index (χ3n) is 2.75. The Bertz CT molecular complexity index is 352. The second kappa shape index (κ2) is 9.46. The third-order valence-corrected chi connectivity index (χ3v) is 3.40. The van der Waals surface area contributed by atoms with Crippen LogP contribution in [-0.4, -0.2) is 61.6 Å².